The molecule has 0 saturated carbocycles. The van der Waals surface area contributed by atoms with Gasteiger partial charge in [0, 0.05) is 35.9 Å². The van der Waals surface area contributed by atoms with Gasteiger partial charge in [0.15, 0.2) is 0 Å². The van der Waals surface area contributed by atoms with Gasteiger partial charge in [-0.1, -0.05) is 6.92 Å². The Morgan fingerprint density at radius 1 is 1.47 bits per heavy atom. The zero-order valence-corrected chi connectivity index (χ0v) is 10.2. The fraction of sp³-hybridized carbons (Fsp3) is 0.250. The van der Waals surface area contributed by atoms with E-state index in [2.05, 4.69) is 22.2 Å². The van der Waals surface area contributed by atoms with Gasteiger partial charge in [-0.2, -0.15) is 5.26 Å². The van der Waals surface area contributed by atoms with E-state index in [1.165, 1.54) is 0 Å². The number of pyridine rings is 1. The van der Waals surface area contributed by atoms with Crippen LogP contribution in [0.5, 0.6) is 0 Å². The molecule has 0 spiro atoms. The third-order valence-corrected chi connectivity index (χ3v) is 3.37. The van der Waals surface area contributed by atoms with Gasteiger partial charge in [0.05, 0.1) is 5.01 Å². The number of hydrogen-bond acceptors (Lipinski definition) is 5. The zero-order chi connectivity index (χ0) is 12.1. The molecule has 0 amide bonds. The summed E-state index contributed by atoms with van der Waals surface area (Å²) in [5, 5.41) is 15.1. The van der Waals surface area contributed by atoms with E-state index in [-0.39, 0.29) is 0 Å². The summed E-state index contributed by atoms with van der Waals surface area (Å²) >= 11 is 1.66. The highest BCUT2D eigenvalue weighted by atomic mass is 32.1. The van der Waals surface area contributed by atoms with Crippen LogP contribution in [-0.4, -0.2) is 16.5 Å². The van der Waals surface area contributed by atoms with Crippen LogP contribution in [0.4, 0.5) is 5.69 Å². The molecule has 0 aliphatic heterocycles. The Morgan fingerprint density at radius 3 is 3.06 bits per heavy atom. The molecule has 1 atom stereocenters. The lowest BCUT2D eigenvalue weighted by Gasteiger charge is -2.10. The number of nitriles is 1. The summed E-state index contributed by atoms with van der Waals surface area (Å²) in [4.78, 5) is 8.20. The Hall–Kier alpha value is -1.93. The molecule has 0 aliphatic rings. The molecule has 2 aromatic heterocycles. The molecule has 5 heteroatoms. The van der Waals surface area contributed by atoms with E-state index in [0.29, 0.717) is 11.6 Å². The first-order chi connectivity index (χ1) is 8.29. The normalized spacial score (nSPS) is 11.8. The highest BCUT2D eigenvalue weighted by molar-refractivity contribution is 7.09. The van der Waals surface area contributed by atoms with E-state index < -0.39 is 0 Å². The molecule has 2 heterocycles. The van der Waals surface area contributed by atoms with Crippen LogP contribution in [-0.2, 0) is 0 Å². The maximum absolute atomic E-state index is 8.74. The minimum absolute atomic E-state index is 0.355. The van der Waals surface area contributed by atoms with E-state index in [4.69, 9.17) is 5.26 Å². The summed E-state index contributed by atoms with van der Waals surface area (Å²) in [6.45, 7) is 2.92. The van der Waals surface area contributed by atoms with Gasteiger partial charge in [-0.25, -0.2) is 9.97 Å². The van der Waals surface area contributed by atoms with Crippen molar-refractivity contribution in [3.63, 3.8) is 0 Å². The lowest BCUT2D eigenvalue weighted by Crippen LogP contribution is -2.09. The second kappa shape index (κ2) is 5.41. The second-order valence-electron chi connectivity index (χ2n) is 3.69. The Labute approximate surface area is 104 Å². The van der Waals surface area contributed by atoms with Crippen molar-refractivity contribution in [2.75, 3.05) is 11.9 Å². The number of nitrogens with one attached hydrogen (secondary N) is 1. The smallest absolute Gasteiger partial charge is 0.142 e. The van der Waals surface area contributed by atoms with Crippen LogP contribution >= 0.6 is 11.3 Å². The van der Waals surface area contributed by atoms with Crippen LogP contribution < -0.4 is 5.32 Å². The van der Waals surface area contributed by atoms with Gasteiger partial charge in [0.1, 0.15) is 11.8 Å². The van der Waals surface area contributed by atoms with Crippen molar-refractivity contribution in [2.24, 2.45) is 0 Å². The van der Waals surface area contributed by atoms with Crippen LogP contribution in [0, 0.1) is 11.3 Å². The van der Waals surface area contributed by atoms with Crippen LogP contribution in [0.25, 0.3) is 0 Å². The minimum Gasteiger partial charge on any atom is -0.384 e. The zero-order valence-electron chi connectivity index (χ0n) is 9.42. The average Bonchev–Trinajstić information content (AvgIpc) is 2.90. The maximum Gasteiger partial charge on any atom is 0.142 e. The Bertz CT molecular complexity index is 516. The van der Waals surface area contributed by atoms with Crippen molar-refractivity contribution < 1.29 is 0 Å². The van der Waals surface area contributed by atoms with Gasteiger partial charge in [-0.05, 0) is 12.1 Å². The van der Waals surface area contributed by atoms with Crippen LogP contribution in [0.15, 0.2) is 29.9 Å². The number of hydrogen-bond donors (Lipinski definition) is 1. The van der Waals surface area contributed by atoms with E-state index in [0.717, 1.165) is 17.2 Å². The van der Waals surface area contributed by atoms with Crippen molar-refractivity contribution in [1.82, 2.24) is 9.97 Å². The molecule has 2 aromatic rings. The molecule has 0 saturated heterocycles. The highest BCUT2D eigenvalue weighted by Crippen LogP contribution is 2.18. The Morgan fingerprint density at radius 2 is 2.35 bits per heavy atom. The fourth-order valence-electron chi connectivity index (χ4n) is 1.44. The van der Waals surface area contributed by atoms with Crippen LogP contribution in [0.3, 0.4) is 0 Å². The molecule has 86 valence electrons. The molecule has 0 bridgehead atoms. The SMILES string of the molecule is CC(CNc1ccnc(C#N)c1)c1nccs1. The van der Waals surface area contributed by atoms with E-state index >= 15 is 0 Å². The summed E-state index contributed by atoms with van der Waals surface area (Å²) in [6, 6.07) is 5.62. The average molecular weight is 244 g/mol. The molecule has 0 aromatic carbocycles. The number of thiazole rings is 1. The first kappa shape index (κ1) is 11.6. The second-order valence-corrected chi connectivity index (χ2v) is 4.62. The molecule has 17 heavy (non-hydrogen) atoms. The maximum atomic E-state index is 8.74. The molecule has 4 nitrogen and oxygen atoms in total. The van der Waals surface area contributed by atoms with Crippen molar-refractivity contribution >= 4 is 17.0 Å². The first-order valence-electron chi connectivity index (χ1n) is 5.29. The van der Waals surface area contributed by atoms with E-state index in [9.17, 15) is 0 Å². The quantitative estimate of drug-likeness (QED) is 0.898. The van der Waals surface area contributed by atoms with Crippen molar-refractivity contribution in [1.29, 1.82) is 5.26 Å². The number of rotatable bonds is 4. The summed E-state index contributed by atoms with van der Waals surface area (Å²) in [5.41, 5.74) is 1.34. The third-order valence-electron chi connectivity index (χ3n) is 2.36. The monoisotopic (exact) mass is 244 g/mol. The number of nitrogens with zero attached hydrogens (tertiary/aromatic N) is 3. The van der Waals surface area contributed by atoms with Crippen LogP contribution in [0.2, 0.25) is 0 Å². The van der Waals surface area contributed by atoms with Gasteiger partial charge in [0.2, 0.25) is 0 Å². The first-order valence-corrected chi connectivity index (χ1v) is 6.17. The summed E-state index contributed by atoms with van der Waals surface area (Å²) in [7, 11) is 0. The van der Waals surface area contributed by atoms with Gasteiger partial charge >= 0.3 is 0 Å². The van der Waals surface area contributed by atoms with Crippen LogP contribution in [0.1, 0.15) is 23.5 Å². The highest BCUT2D eigenvalue weighted by Gasteiger charge is 2.07. The van der Waals surface area contributed by atoms with Gasteiger partial charge in [0.25, 0.3) is 0 Å². The fourth-order valence-corrected chi connectivity index (χ4v) is 2.14. The summed E-state index contributed by atoms with van der Waals surface area (Å²) in [6.07, 6.45) is 3.45. The summed E-state index contributed by atoms with van der Waals surface area (Å²) < 4.78 is 0. The molecule has 0 aliphatic carbocycles. The van der Waals surface area contributed by atoms with Gasteiger partial charge in [-0.15, -0.1) is 11.3 Å². The largest absolute Gasteiger partial charge is 0.384 e. The molecule has 2 rings (SSSR count). The lowest BCUT2D eigenvalue weighted by atomic mass is 10.2. The molecular weight excluding hydrogens is 232 g/mol. The molecule has 0 radical (unpaired) electrons. The minimum atomic E-state index is 0.355. The van der Waals surface area contributed by atoms with Crippen molar-refractivity contribution in [3.8, 4) is 6.07 Å². The van der Waals surface area contributed by atoms with Crippen molar-refractivity contribution in [3.05, 3.63) is 40.6 Å². The predicted molar refractivity (Wildman–Crippen MR) is 68.0 cm³/mol. The molecule has 1 N–H and O–H groups in total. The third kappa shape index (κ3) is 3.02. The molecular formula is C12H12N4S. The molecule has 1 unspecified atom stereocenters. The molecule has 0 fully saturated rings. The summed E-state index contributed by atoms with van der Waals surface area (Å²) in [5.74, 6) is 0.355. The standard InChI is InChI=1S/C12H12N4S/c1-9(12-15-4-5-17-12)8-16-10-2-3-14-11(6-10)7-13/h2-6,9H,8H2,1H3,(H,14,16). The van der Waals surface area contributed by atoms with E-state index in [1.54, 1.807) is 23.6 Å². The van der Waals surface area contributed by atoms with Crippen molar-refractivity contribution in [2.45, 2.75) is 12.8 Å². The lowest BCUT2D eigenvalue weighted by molar-refractivity contribution is 0.795. The van der Waals surface area contributed by atoms with E-state index in [1.807, 2.05) is 23.7 Å². The predicted octanol–water partition coefficient (Wildman–Crippen LogP) is 2.63. The number of aromatic nitrogens is 2. The van der Waals surface area contributed by atoms with Gasteiger partial charge in [-0.3, -0.25) is 0 Å². The number of anilines is 1. The Kier molecular flexibility index (Phi) is 3.68. The van der Waals surface area contributed by atoms with Gasteiger partial charge < -0.3 is 5.32 Å². The topological polar surface area (TPSA) is 61.6 Å². The Balaban J connectivity index is 1.96.